The van der Waals surface area contributed by atoms with Gasteiger partial charge in [0.05, 0.1) is 0 Å². The van der Waals surface area contributed by atoms with Gasteiger partial charge in [-0.15, -0.1) is 12.4 Å². The number of anilines is 1. The zero-order chi connectivity index (χ0) is 18.9. The summed E-state index contributed by atoms with van der Waals surface area (Å²) >= 11 is 0. The SMILES string of the molecule is Cl.FC(F)(F)c1cccc(N2CCN(CCc3c[nH]c4ccccc34)CC2)n1. The molecule has 1 saturated heterocycles. The topological polar surface area (TPSA) is 35.2 Å². The Morgan fingerprint density at radius 2 is 1.71 bits per heavy atom. The maximum Gasteiger partial charge on any atom is 0.433 e. The number of benzene rings is 1. The van der Waals surface area contributed by atoms with Crippen molar-refractivity contribution in [3.63, 3.8) is 0 Å². The Kier molecular flexibility index (Phi) is 6.15. The number of aromatic amines is 1. The van der Waals surface area contributed by atoms with Gasteiger partial charge in [-0.3, -0.25) is 4.90 Å². The molecule has 0 atom stereocenters. The van der Waals surface area contributed by atoms with Crippen LogP contribution < -0.4 is 4.90 Å². The van der Waals surface area contributed by atoms with Gasteiger partial charge in [0.25, 0.3) is 0 Å². The van der Waals surface area contributed by atoms with Gasteiger partial charge in [-0.05, 0) is 30.2 Å². The van der Waals surface area contributed by atoms with Crippen LogP contribution in [0.25, 0.3) is 10.9 Å². The number of aromatic nitrogens is 2. The largest absolute Gasteiger partial charge is 0.433 e. The Balaban J connectivity index is 0.00000225. The van der Waals surface area contributed by atoms with Crippen LogP contribution in [0, 0.1) is 0 Å². The van der Waals surface area contributed by atoms with Gasteiger partial charge in [0.15, 0.2) is 0 Å². The molecule has 1 aliphatic heterocycles. The smallest absolute Gasteiger partial charge is 0.361 e. The number of hydrogen-bond acceptors (Lipinski definition) is 3. The quantitative estimate of drug-likeness (QED) is 0.693. The number of H-pyrrole nitrogens is 1. The number of alkyl halides is 3. The predicted molar refractivity (Wildman–Crippen MR) is 107 cm³/mol. The Morgan fingerprint density at radius 3 is 2.46 bits per heavy atom. The lowest BCUT2D eigenvalue weighted by atomic mass is 10.1. The standard InChI is InChI=1S/C20H21F3N4.ClH/c21-20(22,23)18-6-3-7-19(25-18)27-12-10-26(11-13-27)9-8-15-14-24-17-5-2-1-4-16(15)17;/h1-7,14,24H,8-13H2;1H. The first-order valence-electron chi connectivity index (χ1n) is 9.07. The Morgan fingerprint density at radius 1 is 0.964 bits per heavy atom. The summed E-state index contributed by atoms with van der Waals surface area (Å²) in [5.74, 6) is 0.404. The first kappa shape index (κ1) is 20.5. The van der Waals surface area contributed by atoms with Crippen molar-refractivity contribution in [2.24, 2.45) is 0 Å². The summed E-state index contributed by atoms with van der Waals surface area (Å²) in [5.41, 5.74) is 1.61. The molecule has 150 valence electrons. The van der Waals surface area contributed by atoms with Crippen LogP contribution in [-0.2, 0) is 12.6 Å². The van der Waals surface area contributed by atoms with E-state index in [1.54, 1.807) is 6.07 Å². The fourth-order valence-electron chi connectivity index (χ4n) is 3.57. The minimum Gasteiger partial charge on any atom is -0.361 e. The number of piperazine rings is 1. The third-order valence-electron chi connectivity index (χ3n) is 5.09. The molecule has 1 aromatic carbocycles. The van der Waals surface area contributed by atoms with E-state index in [1.807, 2.05) is 17.0 Å². The molecule has 8 heteroatoms. The van der Waals surface area contributed by atoms with E-state index in [1.165, 1.54) is 17.0 Å². The highest BCUT2D eigenvalue weighted by molar-refractivity contribution is 5.85. The van der Waals surface area contributed by atoms with E-state index < -0.39 is 11.9 Å². The molecular formula is C20H22ClF3N4. The minimum absolute atomic E-state index is 0. The molecule has 0 unspecified atom stereocenters. The van der Waals surface area contributed by atoms with Crippen LogP contribution in [-0.4, -0.2) is 47.6 Å². The second kappa shape index (κ2) is 8.41. The fourth-order valence-corrected chi connectivity index (χ4v) is 3.57. The number of hydrogen-bond donors (Lipinski definition) is 1. The zero-order valence-electron chi connectivity index (χ0n) is 15.2. The molecule has 0 radical (unpaired) electrons. The van der Waals surface area contributed by atoms with E-state index >= 15 is 0 Å². The van der Waals surface area contributed by atoms with Crippen molar-refractivity contribution < 1.29 is 13.2 Å². The second-order valence-corrected chi connectivity index (χ2v) is 6.82. The molecule has 1 aliphatic rings. The number of pyridine rings is 1. The molecule has 3 aromatic rings. The third-order valence-corrected chi connectivity index (χ3v) is 5.09. The highest BCUT2D eigenvalue weighted by Gasteiger charge is 2.33. The van der Waals surface area contributed by atoms with Crippen molar-refractivity contribution in [2.45, 2.75) is 12.6 Å². The summed E-state index contributed by atoms with van der Waals surface area (Å²) in [4.78, 5) is 11.4. The van der Waals surface area contributed by atoms with E-state index in [0.29, 0.717) is 18.9 Å². The van der Waals surface area contributed by atoms with Gasteiger partial charge in [0, 0.05) is 49.8 Å². The molecule has 3 heterocycles. The van der Waals surface area contributed by atoms with Crippen LogP contribution in [0.5, 0.6) is 0 Å². The van der Waals surface area contributed by atoms with Crippen LogP contribution in [0.4, 0.5) is 19.0 Å². The fraction of sp³-hybridized carbons (Fsp3) is 0.350. The first-order chi connectivity index (χ1) is 13.0. The number of halogens is 4. The molecule has 0 saturated carbocycles. The van der Waals surface area contributed by atoms with Gasteiger partial charge < -0.3 is 9.88 Å². The normalized spacial score (nSPS) is 15.6. The third kappa shape index (κ3) is 4.42. The van der Waals surface area contributed by atoms with Crippen LogP contribution in [0.15, 0.2) is 48.7 Å². The lowest BCUT2D eigenvalue weighted by Crippen LogP contribution is -2.47. The summed E-state index contributed by atoms with van der Waals surface area (Å²) in [6.07, 6.45) is -1.39. The number of nitrogens with one attached hydrogen (secondary N) is 1. The highest BCUT2D eigenvalue weighted by atomic mass is 35.5. The molecular weight excluding hydrogens is 389 g/mol. The summed E-state index contributed by atoms with van der Waals surface area (Å²) in [6, 6.07) is 12.3. The summed E-state index contributed by atoms with van der Waals surface area (Å²) in [6.45, 7) is 3.94. The number of nitrogens with zero attached hydrogens (tertiary/aromatic N) is 3. The van der Waals surface area contributed by atoms with Crippen molar-refractivity contribution in [1.29, 1.82) is 0 Å². The van der Waals surface area contributed by atoms with E-state index in [4.69, 9.17) is 0 Å². The first-order valence-corrected chi connectivity index (χ1v) is 9.07. The Hall–Kier alpha value is -2.25. The summed E-state index contributed by atoms with van der Waals surface area (Å²) in [7, 11) is 0. The highest BCUT2D eigenvalue weighted by Crippen LogP contribution is 2.29. The van der Waals surface area contributed by atoms with Crippen molar-refractivity contribution in [1.82, 2.24) is 14.9 Å². The maximum absolute atomic E-state index is 12.9. The van der Waals surface area contributed by atoms with Crippen molar-refractivity contribution in [3.05, 3.63) is 59.9 Å². The molecule has 2 aromatic heterocycles. The van der Waals surface area contributed by atoms with Crippen LogP contribution in [0.3, 0.4) is 0 Å². The van der Waals surface area contributed by atoms with Crippen molar-refractivity contribution in [3.8, 4) is 0 Å². The number of para-hydroxylation sites is 1. The summed E-state index contributed by atoms with van der Waals surface area (Å²) < 4.78 is 38.6. The van der Waals surface area contributed by atoms with Gasteiger partial charge in [-0.1, -0.05) is 24.3 Å². The average Bonchev–Trinajstić information content (AvgIpc) is 3.09. The van der Waals surface area contributed by atoms with Gasteiger partial charge in [-0.2, -0.15) is 13.2 Å². The lowest BCUT2D eigenvalue weighted by Gasteiger charge is -2.35. The average molecular weight is 411 g/mol. The zero-order valence-corrected chi connectivity index (χ0v) is 16.1. The van der Waals surface area contributed by atoms with Crippen LogP contribution in [0.2, 0.25) is 0 Å². The van der Waals surface area contributed by atoms with Crippen LogP contribution >= 0.6 is 12.4 Å². The molecule has 4 nitrogen and oxygen atoms in total. The van der Waals surface area contributed by atoms with Gasteiger partial charge >= 0.3 is 6.18 Å². The monoisotopic (exact) mass is 410 g/mol. The number of rotatable bonds is 4. The van der Waals surface area contributed by atoms with Crippen molar-refractivity contribution >= 4 is 29.1 Å². The van der Waals surface area contributed by atoms with Crippen LogP contribution in [0.1, 0.15) is 11.3 Å². The minimum atomic E-state index is -4.41. The van der Waals surface area contributed by atoms with Gasteiger partial charge in [-0.25, -0.2) is 4.98 Å². The van der Waals surface area contributed by atoms with Gasteiger partial charge in [0.1, 0.15) is 11.5 Å². The molecule has 28 heavy (non-hydrogen) atoms. The molecule has 0 bridgehead atoms. The molecule has 1 fully saturated rings. The predicted octanol–water partition coefficient (Wildman–Crippen LogP) is 4.37. The molecule has 0 amide bonds. The molecule has 4 rings (SSSR count). The summed E-state index contributed by atoms with van der Waals surface area (Å²) in [5, 5.41) is 1.25. The van der Waals surface area contributed by atoms with E-state index in [9.17, 15) is 13.2 Å². The van der Waals surface area contributed by atoms with Gasteiger partial charge in [0.2, 0.25) is 0 Å². The molecule has 1 N–H and O–H groups in total. The molecule has 0 aliphatic carbocycles. The second-order valence-electron chi connectivity index (χ2n) is 6.82. The van der Waals surface area contributed by atoms with E-state index in [0.717, 1.165) is 37.6 Å². The van der Waals surface area contributed by atoms with Crippen molar-refractivity contribution in [2.75, 3.05) is 37.6 Å². The van der Waals surface area contributed by atoms with E-state index in [-0.39, 0.29) is 12.4 Å². The Labute approximate surface area is 167 Å². The Bertz CT molecular complexity index is 917. The molecule has 0 spiro atoms. The number of fused-ring (bicyclic) bond motifs is 1. The lowest BCUT2D eigenvalue weighted by molar-refractivity contribution is -0.141. The maximum atomic E-state index is 12.9. The van der Waals surface area contributed by atoms with E-state index in [2.05, 4.69) is 33.2 Å².